The Bertz CT molecular complexity index is 1070. The van der Waals surface area contributed by atoms with Crippen LogP contribution in [0.2, 0.25) is 0 Å². The molecule has 0 bridgehead atoms. The number of aromatic nitrogens is 2. The Labute approximate surface area is 181 Å². The summed E-state index contributed by atoms with van der Waals surface area (Å²) in [5.74, 6) is 0.355. The Kier molecular flexibility index (Phi) is 6.77. The molecule has 1 amide bonds. The molecule has 0 spiro atoms. The maximum atomic E-state index is 12.7. The summed E-state index contributed by atoms with van der Waals surface area (Å²) in [5.41, 5.74) is 1.82. The van der Waals surface area contributed by atoms with Gasteiger partial charge in [0, 0.05) is 12.5 Å². The molecule has 1 aliphatic rings. The smallest absolute Gasteiger partial charge is 0.261 e. The predicted molar refractivity (Wildman–Crippen MR) is 121 cm³/mol. The minimum Gasteiger partial charge on any atom is -0.394 e. The highest BCUT2D eigenvalue weighted by Gasteiger charge is 2.28. The van der Waals surface area contributed by atoms with E-state index in [0.717, 1.165) is 36.8 Å². The summed E-state index contributed by atoms with van der Waals surface area (Å²) in [6.07, 6.45) is 5.67. The Morgan fingerprint density at radius 3 is 2.52 bits per heavy atom. The number of fused-ring (bicyclic) bond motifs is 1. The van der Waals surface area contributed by atoms with Crippen molar-refractivity contribution in [3.05, 3.63) is 76.8 Å². The van der Waals surface area contributed by atoms with E-state index in [1.165, 1.54) is 0 Å². The number of nitrogens with one attached hydrogen (secondary N) is 1. The Balaban J connectivity index is 1.30. The number of amides is 1. The Morgan fingerprint density at radius 1 is 1.06 bits per heavy atom. The lowest BCUT2D eigenvalue weighted by Crippen LogP contribution is -2.43. The lowest BCUT2D eigenvalue weighted by Gasteiger charge is -2.29. The number of aliphatic hydroxyl groups is 1. The molecule has 1 saturated carbocycles. The van der Waals surface area contributed by atoms with Crippen LogP contribution in [-0.2, 0) is 17.8 Å². The van der Waals surface area contributed by atoms with Crippen molar-refractivity contribution in [2.24, 2.45) is 11.8 Å². The summed E-state index contributed by atoms with van der Waals surface area (Å²) in [5, 5.41) is 13.4. The van der Waals surface area contributed by atoms with Crippen molar-refractivity contribution in [3.8, 4) is 0 Å². The van der Waals surface area contributed by atoms with Crippen LogP contribution in [-0.4, -0.2) is 33.2 Å². The van der Waals surface area contributed by atoms with Gasteiger partial charge in [0.2, 0.25) is 5.91 Å². The van der Waals surface area contributed by atoms with Gasteiger partial charge in [-0.3, -0.25) is 14.2 Å². The summed E-state index contributed by atoms with van der Waals surface area (Å²) in [7, 11) is 0. The van der Waals surface area contributed by atoms with Gasteiger partial charge < -0.3 is 10.4 Å². The molecular weight excluding hydrogens is 390 g/mol. The molecule has 6 nitrogen and oxygen atoms in total. The average molecular weight is 420 g/mol. The molecule has 2 N–H and O–H groups in total. The number of para-hydroxylation sites is 1. The standard InChI is InChI=1S/C25H29N3O3/c29-16-21(14-18-6-2-1-3-7-18)27-24(30)20-12-10-19(11-13-20)15-28-17-26-23-9-5-4-8-22(23)25(28)31/h1-9,17,19-21,29H,10-16H2,(H,27,30). The fraction of sp³-hybridized carbons (Fsp3) is 0.400. The van der Waals surface area contributed by atoms with Crippen molar-refractivity contribution in [2.75, 3.05) is 6.61 Å². The van der Waals surface area contributed by atoms with E-state index in [0.29, 0.717) is 24.3 Å². The van der Waals surface area contributed by atoms with Crippen LogP contribution < -0.4 is 10.9 Å². The van der Waals surface area contributed by atoms with Crippen LogP contribution in [0.5, 0.6) is 0 Å². The number of aliphatic hydroxyl groups excluding tert-OH is 1. The molecule has 2 aromatic carbocycles. The number of carbonyl (C=O) groups is 1. The van der Waals surface area contributed by atoms with Crippen molar-refractivity contribution in [1.29, 1.82) is 0 Å². The first kappa shape index (κ1) is 21.2. The molecule has 1 fully saturated rings. The van der Waals surface area contributed by atoms with Gasteiger partial charge in [-0.05, 0) is 55.7 Å². The van der Waals surface area contributed by atoms with Crippen LogP contribution in [0.1, 0.15) is 31.2 Å². The topological polar surface area (TPSA) is 84.2 Å². The molecule has 6 heteroatoms. The van der Waals surface area contributed by atoms with Gasteiger partial charge in [-0.15, -0.1) is 0 Å². The van der Waals surface area contributed by atoms with E-state index < -0.39 is 0 Å². The zero-order valence-electron chi connectivity index (χ0n) is 17.6. The van der Waals surface area contributed by atoms with E-state index >= 15 is 0 Å². The molecular formula is C25H29N3O3. The molecule has 1 heterocycles. The van der Waals surface area contributed by atoms with E-state index in [9.17, 15) is 14.7 Å². The quantitative estimate of drug-likeness (QED) is 0.617. The number of carbonyl (C=O) groups excluding carboxylic acids is 1. The minimum absolute atomic E-state index is 0.00262. The number of rotatable bonds is 7. The molecule has 3 aromatic rings. The second kappa shape index (κ2) is 9.88. The van der Waals surface area contributed by atoms with Crippen molar-refractivity contribution < 1.29 is 9.90 Å². The molecule has 1 unspecified atom stereocenters. The van der Waals surface area contributed by atoms with Crippen LogP contribution in [0.3, 0.4) is 0 Å². The second-order valence-corrected chi connectivity index (χ2v) is 8.51. The van der Waals surface area contributed by atoms with Gasteiger partial charge in [0.25, 0.3) is 5.56 Å². The molecule has 0 saturated heterocycles. The second-order valence-electron chi connectivity index (χ2n) is 8.51. The van der Waals surface area contributed by atoms with Crippen LogP contribution >= 0.6 is 0 Å². The van der Waals surface area contributed by atoms with Crippen molar-refractivity contribution in [3.63, 3.8) is 0 Å². The van der Waals surface area contributed by atoms with Crippen LogP contribution in [0.15, 0.2) is 65.7 Å². The molecule has 31 heavy (non-hydrogen) atoms. The molecule has 1 aromatic heterocycles. The fourth-order valence-corrected chi connectivity index (χ4v) is 4.50. The van der Waals surface area contributed by atoms with Gasteiger partial charge >= 0.3 is 0 Å². The monoisotopic (exact) mass is 419 g/mol. The van der Waals surface area contributed by atoms with E-state index in [1.54, 1.807) is 10.9 Å². The highest BCUT2D eigenvalue weighted by molar-refractivity contribution is 5.79. The lowest BCUT2D eigenvalue weighted by molar-refractivity contribution is -0.127. The highest BCUT2D eigenvalue weighted by Crippen LogP contribution is 2.30. The van der Waals surface area contributed by atoms with Crippen LogP contribution in [0, 0.1) is 11.8 Å². The molecule has 1 atom stereocenters. The van der Waals surface area contributed by atoms with Crippen molar-refractivity contribution >= 4 is 16.8 Å². The first-order valence-corrected chi connectivity index (χ1v) is 11.0. The van der Waals surface area contributed by atoms with E-state index in [4.69, 9.17) is 0 Å². The maximum Gasteiger partial charge on any atom is 0.261 e. The number of nitrogens with zero attached hydrogens (tertiary/aromatic N) is 2. The number of hydrogen-bond donors (Lipinski definition) is 2. The molecule has 1 aliphatic carbocycles. The van der Waals surface area contributed by atoms with E-state index in [2.05, 4.69) is 10.3 Å². The van der Waals surface area contributed by atoms with E-state index in [-0.39, 0.29) is 30.0 Å². The molecule has 4 rings (SSSR count). The lowest BCUT2D eigenvalue weighted by atomic mass is 9.81. The van der Waals surface area contributed by atoms with E-state index in [1.807, 2.05) is 54.6 Å². The van der Waals surface area contributed by atoms with Crippen LogP contribution in [0.4, 0.5) is 0 Å². The molecule has 0 radical (unpaired) electrons. The highest BCUT2D eigenvalue weighted by atomic mass is 16.3. The number of hydrogen-bond acceptors (Lipinski definition) is 4. The Hall–Kier alpha value is -2.99. The van der Waals surface area contributed by atoms with Gasteiger partial charge in [-0.2, -0.15) is 0 Å². The summed E-state index contributed by atoms with van der Waals surface area (Å²) in [4.78, 5) is 29.9. The number of benzene rings is 2. The van der Waals surface area contributed by atoms with Crippen molar-refractivity contribution in [1.82, 2.24) is 14.9 Å². The molecule has 162 valence electrons. The summed E-state index contributed by atoms with van der Waals surface area (Å²) in [6.45, 7) is 0.562. The van der Waals surface area contributed by atoms with Gasteiger partial charge in [-0.25, -0.2) is 4.98 Å². The first-order valence-electron chi connectivity index (χ1n) is 11.0. The minimum atomic E-state index is -0.269. The van der Waals surface area contributed by atoms with Crippen LogP contribution in [0.25, 0.3) is 10.9 Å². The van der Waals surface area contributed by atoms with Gasteiger partial charge in [-0.1, -0.05) is 42.5 Å². The third-order valence-electron chi connectivity index (χ3n) is 6.30. The van der Waals surface area contributed by atoms with Crippen molar-refractivity contribution in [2.45, 2.75) is 44.7 Å². The Morgan fingerprint density at radius 2 is 1.77 bits per heavy atom. The predicted octanol–water partition coefficient (Wildman–Crippen LogP) is 2.92. The third kappa shape index (κ3) is 5.20. The maximum absolute atomic E-state index is 12.7. The average Bonchev–Trinajstić information content (AvgIpc) is 2.81. The largest absolute Gasteiger partial charge is 0.394 e. The normalized spacial score (nSPS) is 19.8. The zero-order chi connectivity index (χ0) is 21.6. The van der Waals surface area contributed by atoms with Gasteiger partial charge in [0.05, 0.1) is 29.9 Å². The summed E-state index contributed by atoms with van der Waals surface area (Å²) in [6, 6.07) is 17.0. The van der Waals surface area contributed by atoms with Gasteiger partial charge in [0.15, 0.2) is 0 Å². The first-order chi connectivity index (χ1) is 15.1. The fourth-order valence-electron chi connectivity index (χ4n) is 4.50. The van der Waals surface area contributed by atoms with Gasteiger partial charge in [0.1, 0.15) is 0 Å². The zero-order valence-corrected chi connectivity index (χ0v) is 17.6. The summed E-state index contributed by atoms with van der Waals surface area (Å²) < 4.78 is 1.70. The third-order valence-corrected chi connectivity index (χ3v) is 6.30. The summed E-state index contributed by atoms with van der Waals surface area (Å²) >= 11 is 0. The SMILES string of the molecule is O=C(NC(CO)Cc1ccccc1)C1CCC(Cn2cnc3ccccc3c2=O)CC1. The molecule has 0 aliphatic heterocycles.